The van der Waals surface area contributed by atoms with Crippen molar-refractivity contribution in [3.8, 4) is 5.75 Å². The molecule has 0 radical (unpaired) electrons. The first-order valence-electron chi connectivity index (χ1n) is 6.07. The van der Waals surface area contributed by atoms with Crippen molar-refractivity contribution in [3.63, 3.8) is 0 Å². The molecule has 0 unspecified atom stereocenters. The fraction of sp³-hybridized carbons (Fsp3) is 0.385. The molecule has 0 spiro atoms. The van der Waals surface area contributed by atoms with Gasteiger partial charge in [-0.2, -0.15) is 0 Å². The summed E-state index contributed by atoms with van der Waals surface area (Å²) >= 11 is 0. The molecule has 0 heterocycles. The minimum Gasteiger partial charge on any atom is -0.486 e. The van der Waals surface area contributed by atoms with E-state index in [1.165, 1.54) is 24.3 Å². The molecule has 0 saturated heterocycles. The van der Waals surface area contributed by atoms with Crippen molar-refractivity contribution in [1.82, 2.24) is 0 Å². The Hall–Kier alpha value is -2.44. The Labute approximate surface area is 115 Å². The number of benzene rings is 1. The molecule has 0 saturated carbocycles. The summed E-state index contributed by atoms with van der Waals surface area (Å²) in [7, 11) is 0. The lowest BCUT2D eigenvalue weighted by atomic mass is 10.2. The van der Waals surface area contributed by atoms with Gasteiger partial charge in [0, 0.05) is 18.6 Å². The first-order valence-corrected chi connectivity index (χ1v) is 6.07. The maximum absolute atomic E-state index is 11.5. The van der Waals surface area contributed by atoms with Gasteiger partial charge in [0.25, 0.3) is 5.69 Å². The number of Topliss-reactive ketones (excluding diaryl/α,β-unsaturated/α-hetero) is 1. The number of hydrogen-bond donors (Lipinski definition) is 0. The molecular weight excluding hydrogens is 266 g/mol. The zero-order valence-corrected chi connectivity index (χ0v) is 11.0. The quantitative estimate of drug-likeness (QED) is 0.410. The molecule has 0 aliphatic carbocycles. The van der Waals surface area contributed by atoms with Crippen molar-refractivity contribution >= 4 is 17.4 Å². The van der Waals surface area contributed by atoms with Crippen LogP contribution in [0.2, 0.25) is 0 Å². The third-order valence-corrected chi connectivity index (χ3v) is 2.36. The molecule has 7 nitrogen and oxygen atoms in total. The van der Waals surface area contributed by atoms with Crippen molar-refractivity contribution in [3.05, 3.63) is 34.4 Å². The SMILES string of the molecule is CCOC(=O)CCC(=O)COc1ccc([N+](=O)[O-])cc1. The fourth-order valence-corrected chi connectivity index (χ4v) is 1.37. The number of nitro benzene ring substituents is 1. The molecule has 0 aliphatic heterocycles. The smallest absolute Gasteiger partial charge is 0.306 e. The zero-order chi connectivity index (χ0) is 15.0. The molecule has 0 amide bonds. The number of rotatable bonds is 8. The maximum atomic E-state index is 11.5. The summed E-state index contributed by atoms with van der Waals surface area (Å²) in [6, 6.07) is 5.41. The highest BCUT2D eigenvalue weighted by Gasteiger charge is 2.09. The summed E-state index contributed by atoms with van der Waals surface area (Å²) in [5, 5.41) is 10.4. The van der Waals surface area contributed by atoms with E-state index in [4.69, 9.17) is 9.47 Å². The molecular formula is C13H15NO6. The Morgan fingerprint density at radius 1 is 1.20 bits per heavy atom. The molecule has 0 atom stereocenters. The topological polar surface area (TPSA) is 95.7 Å². The standard InChI is InChI=1S/C13H15NO6/c1-2-19-13(16)8-5-11(15)9-20-12-6-3-10(4-7-12)14(17)18/h3-4,6-7H,2,5,8-9H2,1H3. The van der Waals surface area contributed by atoms with E-state index in [-0.39, 0.29) is 37.5 Å². The van der Waals surface area contributed by atoms with E-state index in [2.05, 4.69) is 0 Å². The zero-order valence-electron chi connectivity index (χ0n) is 11.0. The van der Waals surface area contributed by atoms with E-state index in [0.717, 1.165) is 0 Å². The van der Waals surface area contributed by atoms with Gasteiger partial charge < -0.3 is 9.47 Å². The predicted octanol–water partition coefficient (Wildman–Crippen LogP) is 1.89. The molecule has 108 valence electrons. The summed E-state index contributed by atoms with van der Waals surface area (Å²) in [6.45, 7) is 1.79. The van der Waals surface area contributed by atoms with E-state index < -0.39 is 10.9 Å². The number of esters is 1. The van der Waals surface area contributed by atoms with Crippen LogP contribution in [0.5, 0.6) is 5.75 Å². The lowest BCUT2D eigenvalue weighted by Crippen LogP contribution is -2.14. The lowest BCUT2D eigenvalue weighted by Gasteiger charge is -2.05. The van der Waals surface area contributed by atoms with Crippen LogP contribution in [0.25, 0.3) is 0 Å². The number of hydrogen-bond acceptors (Lipinski definition) is 6. The summed E-state index contributed by atoms with van der Waals surface area (Å²) in [5.74, 6) is -0.298. The molecule has 1 aromatic rings. The molecule has 0 bridgehead atoms. The van der Waals surface area contributed by atoms with Crippen LogP contribution in [0.1, 0.15) is 19.8 Å². The molecule has 0 aromatic heterocycles. The van der Waals surface area contributed by atoms with Crippen molar-refractivity contribution in [2.75, 3.05) is 13.2 Å². The number of non-ortho nitro benzene ring substituents is 1. The summed E-state index contributed by atoms with van der Waals surface area (Å²) in [5.41, 5.74) is -0.0500. The van der Waals surface area contributed by atoms with Crippen LogP contribution in [-0.4, -0.2) is 29.9 Å². The second-order valence-electron chi connectivity index (χ2n) is 3.88. The van der Waals surface area contributed by atoms with Crippen molar-refractivity contribution in [2.24, 2.45) is 0 Å². The van der Waals surface area contributed by atoms with E-state index in [9.17, 15) is 19.7 Å². The van der Waals surface area contributed by atoms with Gasteiger partial charge in [0.2, 0.25) is 0 Å². The van der Waals surface area contributed by atoms with E-state index in [1.807, 2.05) is 0 Å². The van der Waals surface area contributed by atoms with Gasteiger partial charge >= 0.3 is 5.97 Å². The molecule has 1 aromatic carbocycles. The van der Waals surface area contributed by atoms with Gasteiger partial charge in [0.1, 0.15) is 12.4 Å². The molecule has 0 N–H and O–H groups in total. The number of nitro groups is 1. The molecule has 20 heavy (non-hydrogen) atoms. The second-order valence-corrected chi connectivity index (χ2v) is 3.88. The first-order chi connectivity index (χ1) is 9.52. The minimum atomic E-state index is -0.520. The Balaban J connectivity index is 2.33. The normalized spacial score (nSPS) is 9.85. The predicted molar refractivity (Wildman–Crippen MR) is 69.5 cm³/mol. The van der Waals surface area contributed by atoms with Crippen LogP contribution in [0, 0.1) is 10.1 Å². The molecule has 0 aliphatic rings. The highest BCUT2D eigenvalue weighted by molar-refractivity contribution is 5.84. The number of ketones is 1. The largest absolute Gasteiger partial charge is 0.486 e. The van der Waals surface area contributed by atoms with E-state index in [0.29, 0.717) is 5.75 Å². The third kappa shape index (κ3) is 5.47. The molecule has 1 rings (SSSR count). The van der Waals surface area contributed by atoms with Crippen molar-refractivity contribution in [2.45, 2.75) is 19.8 Å². The Morgan fingerprint density at radius 3 is 2.40 bits per heavy atom. The summed E-state index contributed by atoms with van der Waals surface area (Å²) in [4.78, 5) is 32.4. The van der Waals surface area contributed by atoms with Crippen molar-refractivity contribution in [1.29, 1.82) is 0 Å². The average molecular weight is 281 g/mol. The minimum absolute atomic E-state index is 0.0241. The number of ether oxygens (including phenoxy) is 2. The fourth-order valence-electron chi connectivity index (χ4n) is 1.37. The number of carbonyl (C=O) groups is 2. The Bertz CT molecular complexity index is 482. The molecule has 0 fully saturated rings. The summed E-state index contributed by atoms with van der Waals surface area (Å²) < 4.78 is 9.87. The van der Waals surface area contributed by atoms with E-state index >= 15 is 0 Å². The van der Waals surface area contributed by atoms with Crippen LogP contribution < -0.4 is 4.74 Å². The summed E-state index contributed by atoms with van der Waals surface area (Å²) in [6.07, 6.45) is 0.0715. The highest BCUT2D eigenvalue weighted by atomic mass is 16.6. The van der Waals surface area contributed by atoms with Gasteiger partial charge in [-0.3, -0.25) is 19.7 Å². The highest BCUT2D eigenvalue weighted by Crippen LogP contribution is 2.17. The van der Waals surface area contributed by atoms with Crippen LogP contribution >= 0.6 is 0 Å². The van der Waals surface area contributed by atoms with Gasteiger partial charge in [0.05, 0.1) is 18.0 Å². The van der Waals surface area contributed by atoms with Gasteiger partial charge in [-0.1, -0.05) is 0 Å². The van der Waals surface area contributed by atoms with Crippen molar-refractivity contribution < 1.29 is 24.0 Å². The number of carbonyl (C=O) groups excluding carboxylic acids is 2. The Kier molecular flexibility index (Phi) is 6.15. The van der Waals surface area contributed by atoms with Gasteiger partial charge in [-0.15, -0.1) is 0 Å². The Morgan fingerprint density at radius 2 is 1.85 bits per heavy atom. The lowest BCUT2D eigenvalue weighted by molar-refractivity contribution is -0.384. The number of nitrogens with zero attached hydrogens (tertiary/aromatic N) is 1. The van der Waals surface area contributed by atoms with Gasteiger partial charge in [0.15, 0.2) is 5.78 Å². The average Bonchev–Trinajstić information content (AvgIpc) is 2.43. The molecule has 7 heteroatoms. The maximum Gasteiger partial charge on any atom is 0.306 e. The van der Waals surface area contributed by atoms with Crippen LogP contribution in [0.3, 0.4) is 0 Å². The van der Waals surface area contributed by atoms with Gasteiger partial charge in [-0.05, 0) is 19.1 Å². The third-order valence-electron chi connectivity index (χ3n) is 2.36. The van der Waals surface area contributed by atoms with E-state index in [1.54, 1.807) is 6.92 Å². The first kappa shape index (κ1) is 15.6. The van der Waals surface area contributed by atoms with Crippen LogP contribution in [-0.2, 0) is 14.3 Å². The van der Waals surface area contributed by atoms with Crippen LogP contribution in [0.15, 0.2) is 24.3 Å². The van der Waals surface area contributed by atoms with Crippen LogP contribution in [0.4, 0.5) is 5.69 Å². The second kappa shape index (κ2) is 7.88. The van der Waals surface area contributed by atoms with Gasteiger partial charge in [-0.25, -0.2) is 0 Å². The monoisotopic (exact) mass is 281 g/mol.